The lowest BCUT2D eigenvalue weighted by Gasteiger charge is -2.32. The molecule has 0 radical (unpaired) electrons. The average molecular weight is 1620 g/mol. The first-order chi connectivity index (χ1) is 54.0. The molecule has 0 spiro atoms. The fourth-order valence-corrected chi connectivity index (χ4v) is 14.3. The number of aromatic hydroxyl groups is 2. The number of phenols is 2. The summed E-state index contributed by atoms with van der Waals surface area (Å²) in [7, 11) is 0. The van der Waals surface area contributed by atoms with Crippen molar-refractivity contribution in [3.63, 3.8) is 0 Å². The molecule has 4 heterocycles. The zero-order chi connectivity index (χ0) is 83.6. The first-order valence-corrected chi connectivity index (χ1v) is 39.7. The fourth-order valence-electron chi connectivity index (χ4n) is 12.4. The summed E-state index contributed by atoms with van der Waals surface area (Å²) in [5.41, 5.74) is 6.35. The van der Waals surface area contributed by atoms with E-state index in [-0.39, 0.29) is 80.7 Å². The van der Waals surface area contributed by atoms with Gasteiger partial charge in [0.2, 0.25) is 70.9 Å². The van der Waals surface area contributed by atoms with Crippen LogP contribution in [0, 0.1) is 5.41 Å². The first-order valence-electron chi connectivity index (χ1n) is 37.4. The van der Waals surface area contributed by atoms with E-state index in [1.165, 1.54) is 118 Å². The predicted molar refractivity (Wildman–Crippen MR) is 424 cm³/mol. The summed E-state index contributed by atoms with van der Waals surface area (Å²) in [6.07, 6.45) is 1.60. The number of carbonyl (C=O) groups excluding carboxylic acids is 12. The van der Waals surface area contributed by atoms with E-state index in [0.29, 0.717) is 45.0 Å². The van der Waals surface area contributed by atoms with Gasteiger partial charge in [0.05, 0.1) is 23.7 Å². The zero-order valence-corrected chi connectivity index (χ0v) is 66.4. The van der Waals surface area contributed by atoms with Crippen LogP contribution < -0.4 is 64.2 Å². The Morgan fingerprint density at radius 2 is 1.03 bits per heavy atom. The van der Waals surface area contributed by atoms with Crippen LogP contribution in [-0.2, 0) is 99.5 Å². The smallest absolute Gasteiger partial charge is 0.303 e. The molecule has 114 heavy (non-hydrogen) atoms. The van der Waals surface area contributed by atoms with Crippen LogP contribution in [0.2, 0.25) is 0 Å². The fraction of sp³-hybridized carbons (Fsp3) is 0.474. The summed E-state index contributed by atoms with van der Waals surface area (Å²) in [6, 6.07) is 4.49. The quantitative estimate of drug-likeness (QED) is 0.0571. The van der Waals surface area contributed by atoms with E-state index >= 15 is 4.79 Å². The molecule has 3 aromatic carbocycles. The largest absolute Gasteiger partial charge is 0.508 e. The highest BCUT2D eigenvalue weighted by Gasteiger charge is 2.42. The Kier molecular flexibility index (Phi) is 33.7. The van der Waals surface area contributed by atoms with Crippen molar-refractivity contribution in [1.82, 2.24) is 78.4 Å². The molecular formula is C78H104N16O18S2. The number of hydrogen-bond donors (Lipinski definition) is 19. The number of pyridine rings is 1. The maximum Gasteiger partial charge on any atom is 0.303 e. The molecule has 1 aliphatic heterocycles. The van der Waals surface area contributed by atoms with Crippen LogP contribution in [0.15, 0.2) is 110 Å². The number of aromatic nitrogens is 4. The van der Waals surface area contributed by atoms with Gasteiger partial charge in [-0.3, -0.25) is 62.3 Å². The normalized spacial score (nSPS) is 23.3. The standard InChI is InChI=1S/C78H104N16O18S2/c1-9-13-52-67(102)86-54(26-27-61(99)100)68(103)87-55(32-43-18-22-49(96)23-19-43)70(105)85-53(14-10-2)69(104)94-64(78(7,8)112)76(111)91-59(65(79)101)40-114-39-46-16-11-15-45(31-46)38-113-30-28-60(98)92-63(77(4,5)6)75(110)90-56(33-44-20-24-50(97)25-21-44)71(106)88-58(35-48-37-80-41-83-48)73(108)93-62(42(3)95)74(109)89-57(72(107)84-52)34-47-36-82-66-51(47)17-12-29-81-66/h11-12,15-25,29,31,36-37,41-42,52-59,62-64,95-97,112H,9-10,13-14,26-28,30,32-35,38-40H2,1-8H3,(H2,79,101)(H,80,83)(H,81,82)(H,84,107)(H,85,105)(H,86,102)(H,87,103)(H,88,106)(H,89,109)(H,90,110)(H,91,111)(H,92,98)(H,93,108)(H,94,104)(H,99,100)/t42-,52+,53+,54+,55+,56+,57+,58+,59-,62+,63-,64-/m1/s1. The molecule has 0 unspecified atom stereocenters. The number of thioether (sulfide) groups is 2. The van der Waals surface area contributed by atoms with Gasteiger partial charge in [0.15, 0.2) is 0 Å². The van der Waals surface area contributed by atoms with Gasteiger partial charge in [-0.1, -0.05) is 96.0 Å². The van der Waals surface area contributed by atoms with Gasteiger partial charge < -0.3 is 99.7 Å². The Balaban J connectivity index is 1.26. The lowest BCUT2D eigenvalue weighted by Crippen LogP contribution is -2.64. The number of hydrogen-bond acceptors (Lipinski definition) is 21. The highest BCUT2D eigenvalue weighted by atomic mass is 32.2. The van der Waals surface area contributed by atoms with Gasteiger partial charge in [-0.25, -0.2) is 9.97 Å². The Morgan fingerprint density at radius 3 is 1.54 bits per heavy atom. The highest BCUT2D eigenvalue weighted by Crippen LogP contribution is 2.25. The van der Waals surface area contributed by atoms with E-state index in [1.54, 1.807) is 46.8 Å². The van der Waals surface area contributed by atoms with E-state index in [2.05, 4.69) is 78.4 Å². The number of aliphatic hydroxyl groups is 2. The number of benzene rings is 3. The maximum absolute atomic E-state index is 15.1. The number of aliphatic hydroxyl groups excluding tert-OH is 1. The second-order valence-corrected chi connectivity index (χ2v) is 31.8. The lowest BCUT2D eigenvalue weighted by atomic mass is 9.85. The highest BCUT2D eigenvalue weighted by molar-refractivity contribution is 7.98. The Labute approximate surface area is 667 Å². The molecule has 6 aromatic rings. The van der Waals surface area contributed by atoms with Gasteiger partial charge in [-0.15, -0.1) is 0 Å². The van der Waals surface area contributed by atoms with Crippen LogP contribution >= 0.6 is 23.5 Å². The first kappa shape index (κ1) is 90.1. The number of fused-ring (bicyclic) bond motifs is 3. The summed E-state index contributed by atoms with van der Waals surface area (Å²) in [5, 5.41) is 82.6. The van der Waals surface area contributed by atoms with Crippen molar-refractivity contribution >= 4 is 111 Å². The van der Waals surface area contributed by atoms with E-state index in [9.17, 15) is 83.1 Å². The number of carbonyl (C=O) groups is 13. The van der Waals surface area contributed by atoms with Crippen molar-refractivity contribution in [2.24, 2.45) is 11.1 Å². The van der Waals surface area contributed by atoms with Crippen molar-refractivity contribution in [3.8, 4) is 11.5 Å². The van der Waals surface area contributed by atoms with Crippen LogP contribution in [0.1, 0.15) is 134 Å². The van der Waals surface area contributed by atoms with Gasteiger partial charge in [0, 0.05) is 85.5 Å². The SMILES string of the molecule is CCC[C@@H]1NC(=O)[C@H](Cc2c[nH]c3ncccc23)NC(=O)[C@H]([C@@H](C)O)NC(=O)[C@H](Cc2c[nH]cn2)NC(=O)[C@H](Cc2ccc(O)cc2)NC(=O)[C@H](C(C)(C)C)NC(=O)CCSCc2cccc(c2)CSC[C@H](C(N)=O)NC(=O)[C@H](C(C)(C)O)NC(=O)[C@H](CCC)NC(=O)[C@H](Cc2ccc(O)cc2)NC(=O)[C@H](CCC(=O)O)NC1=O. The number of primary amides is 1. The molecule has 2 bridgehead atoms. The van der Waals surface area contributed by atoms with Crippen molar-refractivity contribution in [3.05, 3.63) is 143 Å². The Morgan fingerprint density at radius 1 is 0.544 bits per heavy atom. The molecule has 12 atom stereocenters. The molecule has 1 aliphatic rings. The molecule has 616 valence electrons. The number of nitrogens with two attached hydrogens (primary N) is 1. The lowest BCUT2D eigenvalue weighted by molar-refractivity contribution is -0.139. The average Bonchev–Trinajstić information content (AvgIpc) is 1.59. The molecule has 0 fully saturated rings. The molecule has 0 saturated heterocycles. The summed E-state index contributed by atoms with van der Waals surface area (Å²) in [5.74, 6) is -12.2. The second-order valence-electron chi connectivity index (χ2n) is 29.7. The van der Waals surface area contributed by atoms with E-state index in [1.807, 2.05) is 24.3 Å². The van der Waals surface area contributed by atoms with Crippen molar-refractivity contribution in [2.75, 3.05) is 11.5 Å². The molecule has 0 aliphatic carbocycles. The summed E-state index contributed by atoms with van der Waals surface area (Å²) in [6.45, 7) is 12.1. The van der Waals surface area contributed by atoms with Gasteiger partial charge >= 0.3 is 5.97 Å². The monoisotopic (exact) mass is 1620 g/mol. The van der Waals surface area contributed by atoms with Crippen LogP contribution in [-0.4, -0.2) is 212 Å². The number of carboxylic acids is 1. The maximum atomic E-state index is 15.1. The van der Waals surface area contributed by atoms with E-state index < -0.39 is 173 Å². The van der Waals surface area contributed by atoms with Gasteiger partial charge in [-0.2, -0.15) is 23.5 Å². The van der Waals surface area contributed by atoms with Gasteiger partial charge in [0.25, 0.3) is 0 Å². The third-order valence-corrected chi connectivity index (χ3v) is 20.7. The van der Waals surface area contributed by atoms with Gasteiger partial charge in [-0.05, 0) is 110 Å². The van der Waals surface area contributed by atoms with Crippen LogP contribution in [0.25, 0.3) is 11.0 Å². The number of H-pyrrole nitrogens is 2. The number of aliphatic carboxylic acids is 1. The van der Waals surface area contributed by atoms with Crippen LogP contribution in [0.5, 0.6) is 11.5 Å². The van der Waals surface area contributed by atoms with Crippen molar-refractivity contribution in [1.29, 1.82) is 0 Å². The Bertz CT molecular complexity index is 4320. The zero-order valence-electron chi connectivity index (χ0n) is 64.8. The number of aromatic amines is 2. The summed E-state index contributed by atoms with van der Waals surface area (Å²) >= 11 is 2.67. The Hall–Kier alpha value is -11.1. The van der Waals surface area contributed by atoms with E-state index in [0.717, 1.165) is 11.1 Å². The number of imidazole rings is 1. The minimum Gasteiger partial charge on any atom is -0.508 e. The van der Waals surface area contributed by atoms with Crippen molar-refractivity contribution in [2.45, 2.75) is 216 Å². The molecule has 7 rings (SSSR count). The molecule has 3 aromatic heterocycles. The minimum absolute atomic E-state index is 0.0433. The predicted octanol–water partition coefficient (Wildman–Crippen LogP) is 1.02. The molecule has 36 heteroatoms. The molecule has 34 nitrogen and oxygen atoms in total. The summed E-state index contributed by atoms with van der Waals surface area (Å²) < 4.78 is 0. The molecule has 0 saturated carbocycles. The third kappa shape index (κ3) is 27.9. The second kappa shape index (κ2) is 42.7. The third-order valence-electron chi connectivity index (χ3n) is 18.6. The van der Waals surface area contributed by atoms with E-state index in [4.69, 9.17) is 5.73 Å². The molecule has 12 amide bonds. The summed E-state index contributed by atoms with van der Waals surface area (Å²) in [4.78, 5) is 201. The van der Waals surface area contributed by atoms with Gasteiger partial charge in [0.1, 0.15) is 83.6 Å². The number of phenolic OH excluding ortho intramolecular Hbond substituents is 2. The minimum atomic E-state index is -2.03. The topological polar surface area (TPSA) is 539 Å². The molecular weight excluding hydrogens is 1510 g/mol. The number of carboxylic acid groups (broad SMARTS) is 1. The number of amides is 12. The van der Waals surface area contributed by atoms with Crippen molar-refractivity contribution < 1.29 is 87.9 Å². The van der Waals surface area contributed by atoms with Crippen LogP contribution in [0.4, 0.5) is 0 Å². The number of nitrogens with zero attached hydrogens (tertiary/aromatic N) is 2. The number of nitrogens with one attached hydrogen (secondary N) is 13. The van der Waals surface area contributed by atoms with Crippen LogP contribution in [0.3, 0.4) is 0 Å². The number of rotatable bonds is 18. The molecule has 20 N–H and O–H groups in total.